The molecule has 0 aliphatic heterocycles. The Morgan fingerprint density at radius 1 is 1.53 bits per heavy atom. The largest absolute Gasteiger partial charge is 0.387 e. The van der Waals surface area contributed by atoms with Crippen molar-refractivity contribution < 1.29 is 9.50 Å². The van der Waals surface area contributed by atoms with Crippen LogP contribution in [0, 0.1) is 5.82 Å². The molecular weight excluding hydrogens is 221 g/mol. The van der Waals surface area contributed by atoms with Gasteiger partial charge < -0.3 is 10.4 Å². The summed E-state index contributed by atoms with van der Waals surface area (Å²) in [4.78, 5) is 0. The smallest absolute Gasteiger partial charge is 0.149 e. The predicted molar refractivity (Wildman–Crippen MR) is 62.4 cm³/mol. The van der Waals surface area contributed by atoms with Gasteiger partial charge in [-0.15, -0.1) is 0 Å². The van der Waals surface area contributed by atoms with Gasteiger partial charge in [-0.25, -0.2) is 9.07 Å². The van der Waals surface area contributed by atoms with Crippen molar-refractivity contribution in [3.05, 3.63) is 48.0 Å². The first kappa shape index (κ1) is 11.8. The first-order valence-corrected chi connectivity index (χ1v) is 5.34. The van der Waals surface area contributed by atoms with E-state index in [0.717, 1.165) is 0 Å². The maximum absolute atomic E-state index is 13.8. The van der Waals surface area contributed by atoms with Gasteiger partial charge in [0.05, 0.1) is 6.10 Å². The average molecular weight is 235 g/mol. The van der Waals surface area contributed by atoms with E-state index in [0.29, 0.717) is 17.8 Å². The summed E-state index contributed by atoms with van der Waals surface area (Å²) in [5.74, 6) is -0.402. The number of benzene rings is 1. The highest BCUT2D eigenvalue weighted by Crippen LogP contribution is 2.18. The number of aromatic nitrogens is 2. The lowest BCUT2D eigenvalue weighted by atomic mass is 10.1. The Balaban J connectivity index is 2.29. The molecule has 0 aliphatic carbocycles. The highest BCUT2D eigenvalue weighted by molar-refractivity contribution is 5.36. The molecule has 0 saturated carbocycles. The minimum Gasteiger partial charge on any atom is -0.387 e. The van der Waals surface area contributed by atoms with Crippen molar-refractivity contribution in [2.24, 2.45) is 0 Å². The van der Waals surface area contributed by atoms with Gasteiger partial charge in [0.15, 0.2) is 0 Å². The van der Waals surface area contributed by atoms with Crippen LogP contribution in [0.3, 0.4) is 0 Å². The molecule has 0 aliphatic rings. The quantitative estimate of drug-likeness (QED) is 0.839. The molecule has 1 aromatic heterocycles. The van der Waals surface area contributed by atoms with Gasteiger partial charge in [0, 0.05) is 18.9 Å². The Bertz CT molecular complexity index is 485. The van der Waals surface area contributed by atoms with E-state index < -0.39 is 11.9 Å². The van der Waals surface area contributed by atoms with Crippen molar-refractivity contribution in [1.82, 2.24) is 15.1 Å². The van der Waals surface area contributed by atoms with Gasteiger partial charge in [-0.1, -0.05) is 6.07 Å². The van der Waals surface area contributed by atoms with Crippen LogP contribution in [0.5, 0.6) is 0 Å². The van der Waals surface area contributed by atoms with Crippen molar-refractivity contribution in [3.63, 3.8) is 0 Å². The van der Waals surface area contributed by atoms with Crippen molar-refractivity contribution in [2.45, 2.75) is 6.10 Å². The molecule has 17 heavy (non-hydrogen) atoms. The molecule has 2 N–H and O–H groups in total. The lowest BCUT2D eigenvalue weighted by Gasteiger charge is -2.11. The number of nitrogens with one attached hydrogen (secondary N) is 1. The Morgan fingerprint density at radius 3 is 2.94 bits per heavy atom. The van der Waals surface area contributed by atoms with Crippen LogP contribution < -0.4 is 5.32 Å². The van der Waals surface area contributed by atoms with Gasteiger partial charge in [0.1, 0.15) is 11.5 Å². The molecule has 0 amide bonds. The van der Waals surface area contributed by atoms with Crippen LogP contribution in [-0.4, -0.2) is 28.5 Å². The van der Waals surface area contributed by atoms with Gasteiger partial charge in [0.2, 0.25) is 0 Å². The molecule has 1 aromatic carbocycles. The van der Waals surface area contributed by atoms with E-state index in [1.165, 1.54) is 10.7 Å². The van der Waals surface area contributed by atoms with E-state index in [1.54, 1.807) is 37.6 Å². The van der Waals surface area contributed by atoms with E-state index in [9.17, 15) is 9.50 Å². The Morgan fingerprint density at radius 2 is 2.35 bits per heavy atom. The van der Waals surface area contributed by atoms with Crippen LogP contribution in [0.25, 0.3) is 5.69 Å². The molecule has 4 nitrogen and oxygen atoms in total. The minimum absolute atomic E-state index is 0.371. The molecule has 90 valence electrons. The van der Waals surface area contributed by atoms with E-state index >= 15 is 0 Å². The maximum atomic E-state index is 13.8. The Kier molecular flexibility index (Phi) is 3.51. The zero-order valence-corrected chi connectivity index (χ0v) is 9.47. The normalized spacial score (nSPS) is 12.6. The summed E-state index contributed by atoms with van der Waals surface area (Å²) in [6, 6.07) is 6.36. The van der Waals surface area contributed by atoms with Crippen molar-refractivity contribution in [3.8, 4) is 5.69 Å². The summed E-state index contributed by atoms with van der Waals surface area (Å²) in [5.41, 5.74) is 0.920. The SMILES string of the molecule is CNCC(O)c1ccc(-n2cccn2)c(F)c1. The number of halogens is 1. The number of nitrogens with zero attached hydrogens (tertiary/aromatic N) is 2. The number of hydrogen-bond donors (Lipinski definition) is 2. The highest BCUT2D eigenvalue weighted by atomic mass is 19.1. The number of aliphatic hydroxyl groups excluding tert-OH is 1. The fourth-order valence-corrected chi connectivity index (χ4v) is 1.64. The third-order valence-electron chi connectivity index (χ3n) is 2.51. The monoisotopic (exact) mass is 235 g/mol. The van der Waals surface area contributed by atoms with Crippen LogP contribution in [0.2, 0.25) is 0 Å². The zero-order valence-electron chi connectivity index (χ0n) is 9.47. The van der Waals surface area contributed by atoms with E-state index in [1.807, 2.05) is 0 Å². The van der Waals surface area contributed by atoms with Crippen molar-refractivity contribution in [2.75, 3.05) is 13.6 Å². The first-order chi connectivity index (χ1) is 8.22. The summed E-state index contributed by atoms with van der Waals surface area (Å²) >= 11 is 0. The van der Waals surface area contributed by atoms with Crippen LogP contribution in [-0.2, 0) is 0 Å². The molecular formula is C12H14FN3O. The van der Waals surface area contributed by atoms with Crippen molar-refractivity contribution in [1.29, 1.82) is 0 Å². The highest BCUT2D eigenvalue weighted by Gasteiger charge is 2.11. The van der Waals surface area contributed by atoms with Gasteiger partial charge in [0.25, 0.3) is 0 Å². The topological polar surface area (TPSA) is 50.1 Å². The third-order valence-corrected chi connectivity index (χ3v) is 2.51. The van der Waals surface area contributed by atoms with Crippen LogP contribution in [0.1, 0.15) is 11.7 Å². The second-order valence-electron chi connectivity index (χ2n) is 3.73. The van der Waals surface area contributed by atoms with Gasteiger partial charge in [-0.2, -0.15) is 5.10 Å². The van der Waals surface area contributed by atoms with Crippen molar-refractivity contribution >= 4 is 0 Å². The first-order valence-electron chi connectivity index (χ1n) is 5.34. The van der Waals surface area contributed by atoms with E-state index in [2.05, 4.69) is 10.4 Å². The molecule has 1 unspecified atom stereocenters. The number of aliphatic hydroxyl groups is 1. The maximum Gasteiger partial charge on any atom is 0.149 e. The van der Waals surface area contributed by atoms with Crippen LogP contribution >= 0.6 is 0 Å². The summed E-state index contributed by atoms with van der Waals surface area (Å²) in [6.07, 6.45) is 2.55. The predicted octanol–water partition coefficient (Wildman–Crippen LogP) is 1.26. The molecule has 2 aromatic rings. The zero-order chi connectivity index (χ0) is 12.3. The number of likely N-dealkylation sites (N-methyl/N-ethyl adjacent to an activating group) is 1. The van der Waals surface area contributed by atoms with Gasteiger partial charge >= 0.3 is 0 Å². The molecule has 0 bridgehead atoms. The lowest BCUT2D eigenvalue weighted by molar-refractivity contribution is 0.177. The minimum atomic E-state index is -0.707. The number of rotatable bonds is 4. The third kappa shape index (κ3) is 2.51. The molecule has 5 heteroatoms. The average Bonchev–Trinajstić information content (AvgIpc) is 2.82. The fraction of sp³-hybridized carbons (Fsp3) is 0.250. The Hall–Kier alpha value is -1.72. The molecule has 1 atom stereocenters. The van der Waals surface area contributed by atoms with Gasteiger partial charge in [-0.3, -0.25) is 0 Å². The van der Waals surface area contributed by atoms with Crippen LogP contribution in [0.4, 0.5) is 4.39 Å². The molecule has 0 fully saturated rings. The van der Waals surface area contributed by atoms with Gasteiger partial charge in [-0.05, 0) is 30.8 Å². The van der Waals surface area contributed by atoms with Crippen LogP contribution in [0.15, 0.2) is 36.7 Å². The number of hydrogen-bond acceptors (Lipinski definition) is 3. The Labute approximate surface area is 98.7 Å². The lowest BCUT2D eigenvalue weighted by Crippen LogP contribution is -2.17. The standard InChI is InChI=1S/C12H14FN3O/c1-14-8-12(17)9-3-4-11(10(13)7-9)16-6-2-5-15-16/h2-7,12,14,17H,8H2,1H3. The second kappa shape index (κ2) is 5.07. The fourth-order valence-electron chi connectivity index (χ4n) is 1.64. The molecule has 0 saturated heterocycles. The summed E-state index contributed by atoms with van der Waals surface area (Å²) in [7, 11) is 1.73. The molecule has 0 radical (unpaired) electrons. The van der Waals surface area contributed by atoms with E-state index in [-0.39, 0.29) is 0 Å². The summed E-state index contributed by atoms with van der Waals surface area (Å²) in [5, 5.41) is 16.5. The van der Waals surface area contributed by atoms with E-state index in [4.69, 9.17) is 0 Å². The summed E-state index contributed by atoms with van der Waals surface area (Å²) < 4.78 is 15.3. The molecule has 1 heterocycles. The molecule has 2 rings (SSSR count). The summed E-state index contributed by atoms with van der Waals surface area (Å²) in [6.45, 7) is 0.389. The molecule has 0 spiro atoms. The second-order valence-corrected chi connectivity index (χ2v) is 3.73.